The van der Waals surface area contributed by atoms with E-state index in [0.29, 0.717) is 29.6 Å². The number of nitrogens with zero attached hydrogens (tertiary/aromatic N) is 3. The van der Waals surface area contributed by atoms with E-state index < -0.39 is 36.4 Å². The van der Waals surface area contributed by atoms with Gasteiger partial charge in [0, 0.05) is 12.0 Å². The lowest BCUT2D eigenvalue weighted by Crippen LogP contribution is -2.56. The number of terminal acetylenes is 1. The summed E-state index contributed by atoms with van der Waals surface area (Å²) < 4.78 is 0. The van der Waals surface area contributed by atoms with Gasteiger partial charge in [-0.05, 0) is 61.6 Å². The number of H-pyrrole nitrogens is 1. The van der Waals surface area contributed by atoms with Crippen LogP contribution in [0.1, 0.15) is 52.6 Å². The van der Waals surface area contributed by atoms with E-state index in [2.05, 4.69) is 15.9 Å². The van der Waals surface area contributed by atoms with Crippen LogP contribution in [0, 0.1) is 19.3 Å². The van der Waals surface area contributed by atoms with Gasteiger partial charge in [0.25, 0.3) is 11.5 Å². The predicted octanol–water partition coefficient (Wildman–Crippen LogP) is 2.53. The molecule has 10 heteroatoms. The third kappa shape index (κ3) is 5.22. The van der Waals surface area contributed by atoms with Crippen LogP contribution in [0.4, 0.5) is 0 Å². The van der Waals surface area contributed by atoms with Crippen LogP contribution < -0.4 is 5.56 Å². The number of aliphatic carboxylic acids is 2. The fourth-order valence-electron chi connectivity index (χ4n) is 4.84. The van der Waals surface area contributed by atoms with E-state index >= 15 is 0 Å². The average Bonchev–Trinajstić information content (AvgIpc) is 3.26. The molecule has 3 N–H and O–H groups in total. The number of hydrogen-bond donors (Lipinski definition) is 3. The third-order valence-corrected chi connectivity index (χ3v) is 6.46. The molecule has 1 unspecified atom stereocenters. The number of benzene rings is 2. The average molecular weight is 503 g/mol. The number of nitrogens with one attached hydrogen (secondary N) is 1. The highest BCUT2D eigenvalue weighted by atomic mass is 16.4. The summed E-state index contributed by atoms with van der Waals surface area (Å²) in [5.74, 6) is -0.130. The second-order valence-corrected chi connectivity index (χ2v) is 8.88. The highest BCUT2D eigenvalue weighted by Crippen LogP contribution is 2.39. The molecule has 1 aliphatic carbocycles. The minimum Gasteiger partial charge on any atom is -0.481 e. The van der Waals surface area contributed by atoms with Crippen LogP contribution in [0.15, 0.2) is 47.3 Å². The molecule has 0 fully saturated rings. The van der Waals surface area contributed by atoms with E-state index in [4.69, 9.17) is 6.42 Å². The van der Waals surface area contributed by atoms with Crippen LogP contribution in [-0.2, 0) is 16.0 Å². The molecule has 190 valence electrons. The summed E-state index contributed by atoms with van der Waals surface area (Å²) in [5.41, 5.74) is 2.14. The van der Waals surface area contributed by atoms with Gasteiger partial charge >= 0.3 is 11.9 Å². The Labute approximate surface area is 212 Å². The summed E-state index contributed by atoms with van der Waals surface area (Å²) in [7, 11) is 0. The minimum absolute atomic E-state index is 0.111. The van der Waals surface area contributed by atoms with Crippen LogP contribution in [0.5, 0.6) is 0 Å². The zero-order valence-electron chi connectivity index (χ0n) is 20.2. The molecule has 1 aliphatic rings. The Morgan fingerprint density at radius 1 is 1.22 bits per heavy atom. The van der Waals surface area contributed by atoms with Gasteiger partial charge in [-0.15, -0.1) is 6.42 Å². The first kappa shape index (κ1) is 25.6. The lowest BCUT2D eigenvalue weighted by molar-refractivity contribution is -0.152. The summed E-state index contributed by atoms with van der Waals surface area (Å²) in [6.45, 7) is 1.59. The van der Waals surface area contributed by atoms with E-state index in [9.17, 15) is 29.4 Å². The largest absolute Gasteiger partial charge is 0.481 e. The van der Waals surface area contributed by atoms with Gasteiger partial charge in [-0.3, -0.25) is 19.4 Å². The molecule has 2 atom stereocenters. The Hall–Kier alpha value is -4.49. The standard InChI is InChI=1S/C27H26N4O6/c1-3-13-30(22-10-9-18-14-21-20(15-19(18)22)25(34)29-16(2)28-21)31(23(27(36)37)11-12-24(32)33)26(35)17-7-5-4-6-8-17/h1,4-8,14-15,22-23H,9-13H2,2H3,(H,32,33)(H,36,37)(H,28,29,34)/t22?,23-/m0/s1. The molecular formula is C27H26N4O6. The lowest BCUT2D eigenvalue weighted by atomic mass is 10.0. The fraction of sp³-hybridized carbons (Fsp3) is 0.296. The molecule has 10 nitrogen and oxygen atoms in total. The monoisotopic (exact) mass is 502 g/mol. The minimum atomic E-state index is -1.48. The van der Waals surface area contributed by atoms with Crippen LogP contribution >= 0.6 is 0 Å². The molecule has 0 saturated carbocycles. The number of carboxylic acid groups (broad SMARTS) is 2. The summed E-state index contributed by atoms with van der Waals surface area (Å²) >= 11 is 0. The molecule has 0 radical (unpaired) electrons. The number of aryl methyl sites for hydroxylation is 2. The Morgan fingerprint density at radius 3 is 2.59 bits per heavy atom. The highest BCUT2D eigenvalue weighted by molar-refractivity contribution is 5.96. The van der Waals surface area contributed by atoms with E-state index in [0.717, 1.165) is 16.1 Å². The first-order chi connectivity index (χ1) is 17.7. The van der Waals surface area contributed by atoms with Crippen LogP contribution in [0.25, 0.3) is 10.9 Å². The number of aromatic nitrogens is 2. The van der Waals surface area contributed by atoms with Gasteiger partial charge in [0.1, 0.15) is 11.9 Å². The topological polar surface area (TPSA) is 144 Å². The molecule has 0 spiro atoms. The number of carbonyl (C=O) groups is 3. The number of carbonyl (C=O) groups excluding carboxylic acids is 1. The molecular weight excluding hydrogens is 476 g/mol. The SMILES string of the molecule is C#CCN(C1CCc2cc3nc(C)[nH]c(=O)c3cc21)N(C(=O)c1ccccc1)[C@@H](CCC(=O)O)C(=O)O. The zero-order valence-corrected chi connectivity index (χ0v) is 20.2. The molecule has 2 aromatic carbocycles. The molecule has 1 amide bonds. The quantitative estimate of drug-likeness (QED) is 0.299. The van der Waals surface area contributed by atoms with Crippen molar-refractivity contribution < 1.29 is 24.6 Å². The maximum atomic E-state index is 13.8. The highest BCUT2D eigenvalue weighted by Gasteiger charge is 2.40. The van der Waals surface area contributed by atoms with Gasteiger partial charge in [-0.2, -0.15) is 5.01 Å². The molecule has 37 heavy (non-hydrogen) atoms. The number of aromatic amines is 1. The molecule has 4 rings (SSSR count). The van der Waals surface area contributed by atoms with Crippen molar-refractivity contribution in [3.05, 3.63) is 75.3 Å². The van der Waals surface area contributed by atoms with Crippen molar-refractivity contribution in [2.45, 2.75) is 44.7 Å². The number of hydrogen-bond acceptors (Lipinski definition) is 6. The summed E-state index contributed by atoms with van der Waals surface area (Å²) in [6, 6.07) is 9.71. The van der Waals surface area contributed by atoms with E-state index in [1.165, 1.54) is 5.01 Å². The van der Waals surface area contributed by atoms with Gasteiger partial charge < -0.3 is 15.2 Å². The number of fused-ring (bicyclic) bond motifs is 2. The molecule has 0 saturated heterocycles. The summed E-state index contributed by atoms with van der Waals surface area (Å²) in [4.78, 5) is 57.2. The van der Waals surface area contributed by atoms with Gasteiger partial charge in [-0.1, -0.05) is 24.1 Å². The zero-order chi connectivity index (χ0) is 26.7. The fourth-order valence-corrected chi connectivity index (χ4v) is 4.84. The lowest BCUT2D eigenvalue weighted by Gasteiger charge is -2.41. The Morgan fingerprint density at radius 2 is 1.95 bits per heavy atom. The van der Waals surface area contributed by atoms with Crippen molar-refractivity contribution in [2.75, 3.05) is 6.54 Å². The summed E-state index contributed by atoms with van der Waals surface area (Å²) in [6.07, 6.45) is 6.03. The number of amides is 1. The number of hydrazine groups is 1. The van der Waals surface area contributed by atoms with E-state index in [1.807, 2.05) is 6.07 Å². The first-order valence-electron chi connectivity index (χ1n) is 11.8. The third-order valence-electron chi connectivity index (χ3n) is 6.46. The smallest absolute Gasteiger partial charge is 0.328 e. The van der Waals surface area contributed by atoms with Crippen molar-refractivity contribution in [3.8, 4) is 12.3 Å². The maximum Gasteiger partial charge on any atom is 0.328 e. The number of rotatable bonds is 9. The van der Waals surface area contributed by atoms with Gasteiger partial charge in [-0.25, -0.2) is 9.78 Å². The van der Waals surface area contributed by atoms with Crippen LogP contribution in [0.2, 0.25) is 0 Å². The van der Waals surface area contributed by atoms with Gasteiger partial charge in [0.2, 0.25) is 0 Å². The van der Waals surface area contributed by atoms with Crippen molar-refractivity contribution in [2.24, 2.45) is 0 Å². The number of carboxylic acids is 2. The Bertz CT molecular complexity index is 1460. The molecule has 0 aliphatic heterocycles. The predicted molar refractivity (Wildman–Crippen MR) is 135 cm³/mol. The van der Waals surface area contributed by atoms with Crippen molar-refractivity contribution in [3.63, 3.8) is 0 Å². The van der Waals surface area contributed by atoms with E-state index in [-0.39, 0.29) is 24.1 Å². The van der Waals surface area contributed by atoms with Gasteiger partial charge in [0.05, 0.1) is 23.5 Å². The molecule has 3 aromatic rings. The second-order valence-electron chi connectivity index (χ2n) is 8.88. The van der Waals surface area contributed by atoms with Gasteiger partial charge in [0.15, 0.2) is 0 Å². The normalized spacial score (nSPS) is 15.2. The first-order valence-corrected chi connectivity index (χ1v) is 11.8. The van der Waals surface area contributed by atoms with Crippen molar-refractivity contribution in [1.82, 2.24) is 20.0 Å². The second kappa shape index (κ2) is 10.6. The maximum absolute atomic E-state index is 13.8. The van der Waals surface area contributed by atoms with Crippen LogP contribution in [-0.4, -0.2) is 60.6 Å². The molecule has 1 aromatic heterocycles. The van der Waals surface area contributed by atoms with E-state index in [1.54, 1.807) is 43.3 Å². The Kier molecular flexibility index (Phi) is 7.36. The Balaban J connectivity index is 1.85. The van der Waals surface area contributed by atoms with Crippen molar-refractivity contribution >= 4 is 28.7 Å². The van der Waals surface area contributed by atoms with Crippen molar-refractivity contribution in [1.29, 1.82) is 0 Å². The van der Waals surface area contributed by atoms with Crippen LogP contribution in [0.3, 0.4) is 0 Å². The molecule has 0 bridgehead atoms. The molecule has 1 heterocycles. The summed E-state index contributed by atoms with van der Waals surface area (Å²) in [5, 5.41) is 22.3.